The van der Waals surface area contributed by atoms with E-state index < -0.39 is 0 Å². The molecular weight excluding hydrogens is 304 g/mol. The molecule has 6 heteroatoms. The lowest BCUT2D eigenvalue weighted by atomic mass is 10.1. The maximum Gasteiger partial charge on any atom is 0.318 e. The first-order valence-electron chi connectivity index (χ1n) is 8.35. The minimum Gasteiger partial charge on any atom is -0.497 e. The molecule has 3 rings (SSSR count). The predicted molar refractivity (Wildman–Crippen MR) is 92.0 cm³/mol. The molecule has 2 heterocycles. The Balaban J connectivity index is 1.84. The number of amides is 2. The van der Waals surface area contributed by atoms with Crippen molar-refractivity contribution in [2.45, 2.75) is 25.3 Å². The van der Waals surface area contributed by atoms with Crippen LogP contribution in [0.15, 0.2) is 36.7 Å². The number of aryl methyl sites for hydroxylation is 1. The molecule has 1 fully saturated rings. The highest BCUT2D eigenvalue weighted by Crippen LogP contribution is 2.23. The quantitative estimate of drug-likeness (QED) is 0.939. The Morgan fingerprint density at radius 1 is 1.21 bits per heavy atom. The van der Waals surface area contributed by atoms with Crippen molar-refractivity contribution in [1.82, 2.24) is 19.8 Å². The van der Waals surface area contributed by atoms with Gasteiger partial charge in [0.05, 0.1) is 7.11 Å². The zero-order valence-electron chi connectivity index (χ0n) is 14.2. The number of ether oxygens (including phenoxy) is 1. The van der Waals surface area contributed by atoms with E-state index in [0.717, 1.165) is 43.1 Å². The van der Waals surface area contributed by atoms with Crippen LogP contribution in [0.25, 0.3) is 0 Å². The molecule has 1 N–H and O–H groups in total. The second-order valence-corrected chi connectivity index (χ2v) is 6.10. The number of benzene rings is 1. The second kappa shape index (κ2) is 7.38. The van der Waals surface area contributed by atoms with Crippen LogP contribution in [0.1, 0.15) is 36.7 Å². The molecule has 2 amide bonds. The van der Waals surface area contributed by atoms with Gasteiger partial charge in [0.2, 0.25) is 0 Å². The molecular formula is C18H24N4O2. The fourth-order valence-corrected chi connectivity index (χ4v) is 3.06. The van der Waals surface area contributed by atoms with E-state index >= 15 is 0 Å². The Hall–Kier alpha value is -2.50. The van der Waals surface area contributed by atoms with Crippen LogP contribution in [0.4, 0.5) is 4.79 Å². The van der Waals surface area contributed by atoms with E-state index in [1.165, 1.54) is 6.42 Å². The molecule has 0 bridgehead atoms. The van der Waals surface area contributed by atoms with Gasteiger partial charge in [-0.3, -0.25) is 0 Å². The van der Waals surface area contributed by atoms with Gasteiger partial charge in [-0.05, 0) is 37.0 Å². The first kappa shape index (κ1) is 16.4. The van der Waals surface area contributed by atoms with E-state index in [4.69, 9.17) is 4.74 Å². The number of nitrogens with zero attached hydrogens (tertiary/aromatic N) is 3. The zero-order chi connectivity index (χ0) is 16.9. The summed E-state index contributed by atoms with van der Waals surface area (Å²) in [5.74, 6) is 1.60. The third kappa shape index (κ3) is 3.53. The summed E-state index contributed by atoms with van der Waals surface area (Å²) in [4.78, 5) is 19.0. The summed E-state index contributed by atoms with van der Waals surface area (Å²) in [6.07, 6.45) is 6.98. The van der Waals surface area contributed by atoms with Gasteiger partial charge in [-0.15, -0.1) is 0 Å². The molecule has 1 aromatic heterocycles. The van der Waals surface area contributed by atoms with E-state index in [0.29, 0.717) is 0 Å². The molecule has 1 aliphatic rings. The van der Waals surface area contributed by atoms with Crippen molar-refractivity contribution in [3.8, 4) is 5.75 Å². The number of carbonyl (C=O) groups excluding carboxylic acids is 1. The number of rotatable bonds is 4. The molecule has 24 heavy (non-hydrogen) atoms. The Labute approximate surface area is 142 Å². The number of methoxy groups -OCH3 is 1. The van der Waals surface area contributed by atoms with Crippen LogP contribution in [0.5, 0.6) is 5.75 Å². The van der Waals surface area contributed by atoms with Gasteiger partial charge in [0.25, 0.3) is 0 Å². The predicted octanol–water partition coefficient (Wildman–Crippen LogP) is 2.71. The number of aromatic nitrogens is 2. The Morgan fingerprint density at radius 2 is 1.92 bits per heavy atom. The molecule has 1 aliphatic heterocycles. The number of nitrogens with one attached hydrogen (secondary N) is 1. The normalized spacial score (nSPS) is 15.8. The fourth-order valence-electron chi connectivity index (χ4n) is 3.06. The van der Waals surface area contributed by atoms with Gasteiger partial charge >= 0.3 is 6.03 Å². The maximum absolute atomic E-state index is 12.7. The Kier molecular flexibility index (Phi) is 5.03. The average molecular weight is 328 g/mol. The summed E-state index contributed by atoms with van der Waals surface area (Å²) in [7, 11) is 3.58. The summed E-state index contributed by atoms with van der Waals surface area (Å²) in [6, 6.07) is 7.42. The van der Waals surface area contributed by atoms with Crippen molar-refractivity contribution in [3.63, 3.8) is 0 Å². The van der Waals surface area contributed by atoms with Crippen LogP contribution >= 0.6 is 0 Å². The van der Waals surface area contributed by atoms with Gasteiger partial charge in [0.1, 0.15) is 17.6 Å². The van der Waals surface area contributed by atoms with Crippen molar-refractivity contribution >= 4 is 6.03 Å². The molecule has 1 atom stereocenters. The van der Waals surface area contributed by atoms with Crippen molar-refractivity contribution in [2.24, 2.45) is 7.05 Å². The van der Waals surface area contributed by atoms with Crippen LogP contribution in [-0.2, 0) is 7.05 Å². The summed E-state index contributed by atoms with van der Waals surface area (Å²) >= 11 is 0. The Bertz CT molecular complexity index is 675. The average Bonchev–Trinajstić information content (AvgIpc) is 3.06. The van der Waals surface area contributed by atoms with Gasteiger partial charge in [0, 0.05) is 32.5 Å². The van der Waals surface area contributed by atoms with Gasteiger partial charge in [-0.1, -0.05) is 12.1 Å². The highest BCUT2D eigenvalue weighted by Gasteiger charge is 2.24. The molecule has 0 spiro atoms. The van der Waals surface area contributed by atoms with Crippen molar-refractivity contribution in [1.29, 1.82) is 0 Å². The van der Waals surface area contributed by atoms with Crippen LogP contribution in [-0.4, -0.2) is 40.7 Å². The van der Waals surface area contributed by atoms with Gasteiger partial charge in [-0.2, -0.15) is 0 Å². The van der Waals surface area contributed by atoms with Gasteiger partial charge in [-0.25, -0.2) is 9.78 Å². The monoisotopic (exact) mass is 328 g/mol. The summed E-state index contributed by atoms with van der Waals surface area (Å²) in [5, 5.41) is 3.15. The van der Waals surface area contributed by atoms with Crippen molar-refractivity contribution in [2.75, 3.05) is 20.2 Å². The molecule has 1 aromatic carbocycles. The molecule has 1 unspecified atom stereocenters. The van der Waals surface area contributed by atoms with E-state index in [9.17, 15) is 4.79 Å². The third-order valence-electron chi connectivity index (χ3n) is 4.48. The number of urea groups is 1. The number of likely N-dealkylation sites (tertiary alicyclic amines) is 1. The highest BCUT2D eigenvalue weighted by molar-refractivity contribution is 5.75. The molecule has 1 saturated heterocycles. The van der Waals surface area contributed by atoms with Gasteiger partial charge < -0.3 is 19.5 Å². The number of hydrogen-bond donors (Lipinski definition) is 1. The van der Waals surface area contributed by atoms with E-state index in [1.807, 2.05) is 47.0 Å². The van der Waals surface area contributed by atoms with Crippen LogP contribution in [0, 0.1) is 0 Å². The number of piperidine rings is 1. The minimum absolute atomic E-state index is 0.0291. The first-order valence-corrected chi connectivity index (χ1v) is 8.35. The molecule has 0 saturated carbocycles. The minimum atomic E-state index is -0.287. The third-order valence-corrected chi connectivity index (χ3v) is 4.48. The fraction of sp³-hybridized carbons (Fsp3) is 0.444. The van der Waals surface area contributed by atoms with Crippen LogP contribution in [0.2, 0.25) is 0 Å². The highest BCUT2D eigenvalue weighted by atomic mass is 16.5. The Morgan fingerprint density at radius 3 is 2.50 bits per heavy atom. The zero-order valence-corrected chi connectivity index (χ0v) is 14.2. The SMILES string of the molecule is COc1ccc(C(NC(=O)N2CCCCC2)c2nccn2C)cc1. The first-order chi connectivity index (χ1) is 11.7. The summed E-state index contributed by atoms with van der Waals surface area (Å²) < 4.78 is 7.16. The van der Waals surface area contributed by atoms with E-state index in [-0.39, 0.29) is 12.1 Å². The lowest BCUT2D eigenvalue weighted by Gasteiger charge is -2.29. The molecule has 128 valence electrons. The number of carbonyl (C=O) groups is 1. The lowest BCUT2D eigenvalue weighted by molar-refractivity contribution is 0.183. The number of hydrogen-bond acceptors (Lipinski definition) is 3. The van der Waals surface area contributed by atoms with Crippen molar-refractivity contribution < 1.29 is 9.53 Å². The van der Waals surface area contributed by atoms with E-state index in [1.54, 1.807) is 13.3 Å². The molecule has 0 aliphatic carbocycles. The standard InChI is InChI=1S/C18H24N4O2/c1-21-13-10-19-17(21)16(14-6-8-15(24-2)9-7-14)20-18(23)22-11-4-3-5-12-22/h6-10,13,16H,3-5,11-12H2,1-2H3,(H,20,23). The number of imidazole rings is 1. The second-order valence-electron chi connectivity index (χ2n) is 6.10. The molecule has 2 aromatic rings. The summed E-state index contributed by atoms with van der Waals surface area (Å²) in [6.45, 7) is 1.64. The topological polar surface area (TPSA) is 59.4 Å². The van der Waals surface area contributed by atoms with Crippen LogP contribution < -0.4 is 10.1 Å². The molecule has 0 radical (unpaired) electrons. The lowest BCUT2D eigenvalue weighted by Crippen LogP contribution is -2.44. The summed E-state index contributed by atoms with van der Waals surface area (Å²) in [5.41, 5.74) is 0.982. The van der Waals surface area contributed by atoms with Crippen LogP contribution in [0.3, 0.4) is 0 Å². The maximum atomic E-state index is 12.7. The van der Waals surface area contributed by atoms with Gasteiger partial charge in [0.15, 0.2) is 0 Å². The van der Waals surface area contributed by atoms with Crippen molar-refractivity contribution in [3.05, 3.63) is 48.0 Å². The largest absolute Gasteiger partial charge is 0.497 e. The smallest absolute Gasteiger partial charge is 0.318 e. The molecule has 6 nitrogen and oxygen atoms in total. The van der Waals surface area contributed by atoms with E-state index in [2.05, 4.69) is 10.3 Å².